The Morgan fingerprint density at radius 1 is 0.686 bits per heavy atom. The van der Waals surface area contributed by atoms with Gasteiger partial charge in [0.15, 0.2) is 24.8 Å². The normalized spacial score (nSPS) is 12.9. The smallest absolute Gasteiger partial charge is 0.288 e. The fourth-order valence-corrected chi connectivity index (χ4v) is 3.94. The van der Waals surface area contributed by atoms with Crippen LogP contribution in [0.1, 0.15) is 25.9 Å². The van der Waals surface area contributed by atoms with Gasteiger partial charge in [0, 0.05) is 49.8 Å². The average Bonchev–Trinajstić information content (AvgIpc) is 2.90. The highest BCUT2D eigenvalue weighted by Crippen LogP contribution is 2.12. The van der Waals surface area contributed by atoms with Crippen LogP contribution in [0.5, 0.6) is 0 Å². The van der Waals surface area contributed by atoms with E-state index in [1.807, 2.05) is 108 Å². The van der Waals surface area contributed by atoms with Crippen molar-refractivity contribution in [2.45, 2.75) is 25.9 Å². The lowest BCUT2D eigenvalue weighted by atomic mass is 10.1. The molecule has 0 spiro atoms. The van der Waals surface area contributed by atoms with Gasteiger partial charge < -0.3 is 15.4 Å². The molecule has 2 amide bonds. The van der Waals surface area contributed by atoms with Crippen LogP contribution < -0.4 is 19.8 Å². The first-order valence-electron chi connectivity index (χ1n) is 12.0. The number of carbonyl (C=O) groups is 2. The second-order valence-electron chi connectivity index (χ2n) is 8.59. The summed E-state index contributed by atoms with van der Waals surface area (Å²) >= 11 is 0. The van der Waals surface area contributed by atoms with Gasteiger partial charge in [0.05, 0.1) is 13.2 Å². The van der Waals surface area contributed by atoms with Gasteiger partial charge in [-0.3, -0.25) is 9.59 Å². The van der Waals surface area contributed by atoms with Crippen molar-refractivity contribution in [2.75, 3.05) is 26.3 Å². The summed E-state index contributed by atoms with van der Waals surface area (Å²) in [6, 6.07) is 19.5. The fourth-order valence-electron chi connectivity index (χ4n) is 3.94. The summed E-state index contributed by atoms with van der Waals surface area (Å²) in [7, 11) is 0. The van der Waals surface area contributed by atoms with E-state index < -0.39 is 0 Å². The van der Waals surface area contributed by atoms with Gasteiger partial charge in [-0.25, -0.2) is 0 Å². The molecular weight excluding hydrogens is 440 g/mol. The van der Waals surface area contributed by atoms with Crippen LogP contribution in [0.2, 0.25) is 0 Å². The highest BCUT2D eigenvalue weighted by molar-refractivity contribution is 5.82. The zero-order chi connectivity index (χ0) is 24.6. The lowest BCUT2D eigenvalue weighted by Gasteiger charge is -2.11. The van der Waals surface area contributed by atoms with Crippen molar-refractivity contribution < 1.29 is 23.5 Å². The lowest BCUT2D eigenvalue weighted by Crippen LogP contribution is -2.47. The molecule has 0 aliphatic rings. The van der Waals surface area contributed by atoms with E-state index in [1.165, 1.54) is 0 Å². The van der Waals surface area contributed by atoms with E-state index in [9.17, 15) is 9.59 Å². The van der Waals surface area contributed by atoms with Crippen LogP contribution in [0.25, 0.3) is 21.5 Å². The van der Waals surface area contributed by atoms with E-state index in [4.69, 9.17) is 4.74 Å². The summed E-state index contributed by atoms with van der Waals surface area (Å²) in [5.41, 5.74) is 0. The maximum atomic E-state index is 12.5. The Morgan fingerprint density at radius 3 is 1.51 bits per heavy atom. The van der Waals surface area contributed by atoms with Crippen molar-refractivity contribution in [1.82, 2.24) is 10.6 Å². The highest BCUT2D eigenvalue weighted by atomic mass is 16.5. The summed E-state index contributed by atoms with van der Waals surface area (Å²) in [5.74, 6) is -0.133. The maximum Gasteiger partial charge on any atom is 0.288 e. The molecule has 0 saturated carbocycles. The van der Waals surface area contributed by atoms with Crippen molar-refractivity contribution >= 4 is 33.4 Å². The van der Waals surface area contributed by atoms with Crippen molar-refractivity contribution in [2.24, 2.45) is 0 Å². The van der Waals surface area contributed by atoms with E-state index in [1.54, 1.807) is 0 Å². The molecular formula is C28H32N4O3+2. The third kappa shape index (κ3) is 6.19. The molecule has 0 bridgehead atoms. The molecule has 0 aliphatic heterocycles. The largest absolute Gasteiger partial charge is 0.378 e. The molecule has 2 unspecified atom stereocenters. The van der Waals surface area contributed by atoms with Crippen LogP contribution in [0.3, 0.4) is 0 Å². The van der Waals surface area contributed by atoms with Crippen molar-refractivity contribution in [3.8, 4) is 0 Å². The van der Waals surface area contributed by atoms with Crippen LogP contribution in [-0.4, -0.2) is 38.1 Å². The number of hydrogen-bond acceptors (Lipinski definition) is 3. The van der Waals surface area contributed by atoms with Crippen LogP contribution >= 0.6 is 0 Å². The number of aromatic nitrogens is 2. The predicted octanol–water partition coefficient (Wildman–Crippen LogP) is 2.64. The van der Waals surface area contributed by atoms with Crippen LogP contribution in [0, 0.1) is 0 Å². The minimum Gasteiger partial charge on any atom is -0.378 e. The zero-order valence-electron chi connectivity index (χ0n) is 20.2. The van der Waals surface area contributed by atoms with Gasteiger partial charge >= 0.3 is 0 Å². The highest BCUT2D eigenvalue weighted by Gasteiger charge is 2.22. The van der Waals surface area contributed by atoms with Gasteiger partial charge in [0.25, 0.3) is 11.8 Å². The van der Waals surface area contributed by atoms with E-state index in [-0.39, 0.29) is 23.9 Å². The molecule has 2 heterocycles. The molecule has 0 aliphatic carbocycles. The monoisotopic (exact) mass is 472 g/mol. The van der Waals surface area contributed by atoms with E-state index in [2.05, 4.69) is 10.6 Å². The summed E-state index contributed by atoms with van der Waals surface area (Å²) in [4.78, 5) is 25.0. The topological polar surface area (TPSA) is 75.2 Å². The summed E-state index contributed by atoms with van der Waals surface area (Å²) in [6.07, 6.45) is 7.80. The number of nitrogens with one attached hydrogen (secondary N) is 2. The Labute approximate surface area is 205 Å². The number of rotatable bonds is 10. The first kappa shape index (κ1) is 24.3. The summed E-state index contributed by atoms with van der Waals surface area (Å²) < 4.78 is 9.39. The van der Waals surface area contributed by atoms with Gasteiger partial charge in [-0.1, -0.05) is 36.4 Å². The number of pyridine rings is 2. The quantitative estimate of drug-likeness (QED) is 0.275. The first-order chi connectivity index (χ1) is 17.0. The third-order valence-electron chi connectivity index (χ3n) is 6.17. The molecule has 4 rings (SSSR count). The molecule has 2 N–H and O–H groups in total. The summed E-state index contributed by atoms with van der Waals surface area (Å²) in [5, 5.41) is 10.3. The first-order valence-corrected chi connectivity index (χ1v) is 12.0. The Kier molecular flexibility index (Phi) is 8.00. The zero-order valence-corrected chi connectivity index (χ0v) is 20.2. The maximum absolute atomic E-state index is 12.5. The van der Waals surface area contributed by atoms with Crippen molar-refractivity contribution in [1.29, 1.82) is 0 Å². The summed E-state index contributed by atoms with van der Waals surface area (Å²) in [6.45, 7) is 5.32. The van der Waals surface area contributed by atoms with Crippen molar-refractivity contribution in [3.63, 3.8) is 0 Å². The van der Waals surface area contributed by atoms with Gasteiger partial charge in [-0.05, 0) is 22.9 Å². The standard InChI is InChI=1S/C28H30N4O3/c1-21(31-15-11-23-7-3-5-9-25(23)19-31)27(33)29-13-17-35-18-14-30-28(34)22(2)32-16-12-24-8-4-6-10-26(24)20-32/h3-12,15-16,19-22H,13-14,17-18H2,1-2H3/p+2. The molecule has 0 radical (unpaired) electrons. The van der Waals surface area contributed by atoms with E-state index in [0.29, 0.717) is 26.3 Å². The average molecular weight is 473 g/mol. The lowest BCUT2D eigenvalue weighted by molar-refractivity contribution is -0.704. The number of nitrogens with zero attached hydrogens (tertiary/aromatic N) is 2. The number of carbonyl (C=O) groups excluding carboxylic acids is 2. The Balaban J connectivity index is 1.14. The van der Waals surface area contributed by atoms with E-state index >= 15 is 0 Å². The number of benzene rings is 2. The van der Waals surface area contributed by atoms with Gasteiger partial charge in [0.1, 0.15) is 0 Å². The fraction of sp³-hybridized carbons (Fsp3) is 0.286. The van der Waals surface area contributed by atoms with Crippen LogP contribution in [0.15, 0.2) is 85.5 Å². The minimum atomic E-state index is -0.326. The Hall–Kier alpha value is -3.84. The number of ether oxygens (including phenoxy) is 1. The molecule has 35 heavy (non-hydrogen) atoms. The second kappa shape index (κ2) is 11.5. The number of amides is 2. The van der Waals surface area contributed by atoms with Gasteiger partial charge in [0.2, 0.25) is 12.1 Å². The Morgan fingerprint density at radius 2 is 1.09 bits per heavy atom. The molecule has 180 valence electrons. The molecule has 7 heteroatoms. The molecule has 0 fully saturated rings. The number of fused-ring (bicyclic) bond motifs is 2. The molecule has 2 aromatic carbocycles. The van der Waals surface area contributed by atoms with Crippen LogP contribution in [0.4, 0.5) is 0 Å². The van der Waals surface area contributed by atoms with Crippen LogP contribution in [-0.2, 0) is 14.3 Å². The SMILES string of the molecule is CC(C(=O)NCCOCCNC(=O)C(C)[n+]1ccc2ccccc2c1)[n+]1ccc2ccccc2c1. The number of hydrogen-bond donors (Lipinski definition) is 2. The van der Waals surface area contributed by atoms with Gasteiger partial charge in [-0.15, -0.1) is 0 Å². The molecule has 7 nitrogen and oxygen atoms in total. The predicted molar refractivity (Wildman–Crippen MR) is 135 cm³/mol. The second-order valence-corrected chi connectivity index (χ2v) is 8.59. The minimum absolute atomic E-state index is 0.0663. The van der Waals surface area contributed by atoms with Crippen molar-refractivity contribution in [3.05, 3.63) is 85.5 Å². The van der Waals surface area contributed by atoms with Gasteiger partial charge in [-0.2, -0.15) is 9.13 Å². The van der Waals surface area contributed by atoms with E-state index in [0.717, 1.165) is 21.5 Å². The molecule has 0 saturated heterocycles. The molecule has 4 aromatic rings. The molecule has 2 aromatic heterocycles. The molecule has 2 atom stereocenters. The Bertz CT molecular complexity index is 1220. The third-order valence-corrected chi connectivity index (χ3v) is 6.17.